The van der Waals surface area contributed by atoms with E-state index in [0.29, 0.717) is 18.5 Å². The van der Waals surface area contributed by atoms with Gasteiger partial charge in [0, 0.05) is 26.2 Å². The van der Waals surface area contributed by atoms with Gasteiger partial charge in [-0.05, 0) is 26.9 Å². The van der Waals surface area contributed by atoms with Crippen LogP contribution in [-0.2, 0) is 13.6 Å². The number of aryl methyl sites for hydroxylation is 1. The topological polar surface area (TPSA) is 70.4 Å². The summed E-state index contributed by atoms with van der Waals surface area (Å²) >= 11 is 0. The van der Waals surface area contributed by atoms with Crippen molar-refractivity contribution in [1.29, 1.82) is 0 Å². The molecule has 7 nitrogen and oxygen atoms in total. The normalized spacial score (nSPS) is 13.1. The van der Waals surface area contributed by atoms with E-state index in [9.17, 15) is 0 Å². The molecule has 1 atom stereocenters. The molecule has 1 rings (SSSR count). The number of aliphatic imine (C=N–C) groups is 1. The Bertz CT molecular complexity index is 469. The third kappa shape index (κ3) is 7.33. The smallest absolute Gasteiger partial charge is 0.191 e. The number of nitrogens with one attached hydrogen (secondary N) is 2. The molecule has 1 aromatic rings. The molecule has 0 aromatic carbocycles. The molecule has 0 aliphatic rings. The van der Waals surface area contributed by atoms with Crippen molar-refractivity contribution in [2.75, 3.05) is 27.2 Å². The molecule has 1 unspecified atom stereocenters. The molecule has 8 heteroatoms. The summed E-state index contributed by atoms with van der Waals surface area (Å²) in [5, 5.41) is 10.8. The summed E-state index contributed by atoms with van der Waals surface area (Å²) in [6.07, 6.45) is 3.93. The first-order valence-electron chi connectivity index (χ1n) is 8.54. The molecule has 0 radical (unpaired) electrons. The highest BCUT2D eigenvalue weighted by atomic mass is 127. The minimum Gasteiger partial charge on any atom is -0.357 e. The van der Waals surface area contributed by atoms with Crippen molar-refractivity contribution in [3.63, 3.8) is 0 Å². The van der Waals surface area contributed by atoms with Gasteiger partial charge in [0.15, 0.2) is 5.96 Å². The molecule has 1 aromatic heterocycles. The Morgan fingerprint density at radius 3 is 2.38 bits per heavy atom. The van der Waals surface area contributed by atoms with Crippen molar-refractivity contribution in [1.82, 2.24) is 30.3 Å². The van der Waals surface area contributed by atoms with Crippen LogP contribution in [0.25, 0.3) is 0 Å². The number of guanidine groups is 1. The molecule has 2 N–H and O–H groups in total. The zero-order valence-corrected chi connectivity index (χ0v) is 18.2. The Hall–Kier alpha value is -0.900. The first-order valence-corrected chi connectivity index (χ1v) is 8.54. The maximum atomic E-state index is 4.61. The maximum absolute atomic E-state index is 4.61. The van der Waals surface area contributed by atoms with Gasteiger partial charge in [-0.25, -0.2) is 9.98 Å². The summed E-state index contributed by atoms with van der Waals surface area (Å²) in [5.41, 5.74) is 0. The fourth-order valence-electron chi connectivity index (χ4n) is 2.76. The number of hydrogen-bond acceptors (Lipinski definition) is 4. The predicted molar refractivity (Wildman–Crippen MR) is 111 cm³/mol. The third-order valence-electron chi connectivity index (χ3n) is 4.26. The number of halogens is 1. The number of likely N-dealkylation sites (N-methyl/N-ethyl adjacent to an activating group) is 1. The number of hydrogen-bond donors (Lipinski definition) is 2. The molecular weight excluding hydrogens is 417 g/mol. The standard InChI is InChI=1S/C16H33N7.HI/c1-7-13(8-2)14(22(4)5)10-18-16(17-9-3)19-11-15-20-12-21-23(15)6;/h12-14H,7-11H2,1-6H3,(H2,17,18,19);1H. The number of nitrogens with zero attached hydrogens (tertiary/aromatic N) is 5. The highest BCUT2D eigenvalue weighted by Gasteiger charge is 2.20. The number of rotatable bonds is 9. The lowest BCUT2D eigenvalue weighted by Gasteiger charge is -2.32. The molecule has 0 fully saturated rings. The second-order valence-electron chi connectivity index (χ2n) is 5.98. The Balaban J connectivity index is 0.00000529. The highest BCUT2D eigenvalue weighted by Crippen LogP contribution is 2.16. The summed E-state index contributed by atoms with van der Waals surface area (Å²) in [5.74, 6) is 2.36. The van der Waals surface area contributed by atoms with Crippen LogP contribution in [0.4, 0.5) is 0 Å². The molecule has 24 heavy (non-hydrogen) atoms. The van der Waals surface area contributed by atoms with Gasteiger partial charge in [0.25, 0.3) is 0 Å². The summed E-state index contributed by atoms with van der Waals surface area (Å²) in [4.78, 5) is 11.1. The monoisotopic (exact) mass is 451 g/mol. The van der Waals surface area contributed by atoms with E-state index in [-0.39, 0.29) is 24.0 Å². The third-order valence-corrected chi connectivity index (χ3v) is 4.26. The quantitative estimate of drug-likeness (QED) is 0.341. The predicted octanol–water partition coefficient (Wildman–Crippen LogP) is 1.85. The molecule has 0 bridgehead atoms. The van der Waals surface area contributed by atoms with E-state index < -0.39 is 0 Å². The van der Waals surface area contributed by atoms with Gasteiger partial charge >= 0.3 is 0 Å². The van der Waals surface area contributed by atoms with Gasteiger partial charge in [-0.2, -0.15) is 5.10 Å². The molecule has 1 heterocycles. The van der Waals surface area contributed by atoms with Crippen LogP contribution in [0.5, 0.6) is 0 Å². The average molecular weight is 451 g/mol. The summed E-state index contributed by atoms with van der Waals surface area (Å²) in [7, 11) is 6.18. The van der Waals surface area contributed by atoms with Gasteiger partial charge < -0.3 is 15.5 Å². The summed E-state index contributed by atoms with van der Waals surface area (Å²) < 4.78 is 1.75. The van der Waals surface area contributed by atoms with E-state index in [0.717, 1.165) is 24.9 Å². The molecule has 0 spiro atoms. The van der Waals surface area contributed by atoms with Crippen molar-refractivity contribution < 1.29 is 0 Å². The molecule has 0 aliphatic heterocycles. The summed E-state index contributed by atoms with van der Waals surface area (Å²) in [6, 6.07) is 0.490. The van der Waals surface area contributed by atoms with E-state index in [4.69, 9.17) is 0 Å². The molecule has 140 valence electrons. The first kappa shape index (κ1) is 23.1. The van der Waals surface area contributed by atoms with Crippen molar-refractivity contribution in [2.45, 2.75) is 46.2 Å². The van der Waals surface area contributed by atoms with Gasteiger partial charge in [0.05, 0.1) is 0 Å². The van der Waals surface area contributed by atoms with Gasteiger partial charge in [0.1, 0.15) is 18.7 Å². The molecular formula is C16H34IN7. The largest absolute Gasteiger partial charge is 0.357 e. The minimum absolute atomic E-state index is 0. The van der Waals surface area contributed by atoms with Gasteiger partial charge in [0.2, 0.25) is 0 Å². The molecule has 0 saturated carbocycles. The van der Waals surface area contributed by atoms with Gasteiger partial charge in [-0.1, -0.05) is 26.7 Å². The SMILES string of the molecule is CCNC(=NCc1ncnn1C)NCC(C(CC)CC)N(C)C.I. The van der Waals surface area contributed by atoms with E-state index in [2.05, 4.69) is 65.5 Å². The van der Waals surface area contributed by atoms with Crippen LogP contribution in [0.3, 0.4) is 0 Å². The van der Waals surface area contributed by atoms with E-state index in [1.807, 2.05) is 7.05 Å². The number of aromatic nitrogens is 3. The Morgan fingerprint density at radius 2 is 1.92 bits per heavy atom. The lowest BCUT2D eigenvalue weighted by atomic mass is 9.93. The lowest BCUT2D eigenvalue weighted by Crippen LogP contribution is -2.48. The molecule has 0 amide bonds. The van der Waals surface area contributed by atoms with Crippen LogP contribution >= 0.6 is 24.0 Å². The van der Waals surface area contributed by atoms with Crippen LogP contribution in [0.1, 0.15) is 39.4 Å². The van der Waals surface area contributed by atoms with Crippen molar-refractivity contribution >= 4 is 29.9 Å². The van der Waals surface area contributed by atoms with Crippen LogP contribution in [0.2, 0.25) is 0 Å². The van der Waals surface area contributed by atoms with E-state index in [1.165, 1.54) is 12.8 Å². The van der Waals surface area contributed by atoms with Crippen molar-refractivity contribution in [3.05, 3.63) is 12.2 Å². The van der Waals surface area contributed by atoms with Crippen molar-refractivity contribution in [3.8, 4) is 0 Å². The van der Waals surface area contributed by atoms with E-state index in [1.54, 1.807) is 11.0 Å². The highest BCUT2D eigenvalue weighted by molar-refractivity contribution is 14.0. The van der Waals surface area contributed by atoms with Crippen molar-refractivity contribution in [2.24, 2.45) is 18.0 Å². The Labute approximate surface area is 163 Å². The molecule has 0 saturated heterocycles. The zero-order valence-electron chi connectivity index (χ0n) is 15.9. The lowest BCUT2D eigenvalue weighted by molar-refractivity contribution is 0.200. The second-order valence-corrected chi connectivity index (χ2v) is 5.98. The average Bonchev–Trinajstić information content (AvgIpc) is 2.93. The Morgan fingerprint density at radius 1 is 1.25 bits per heavy atom. The first-order chi connectivity index (χ1) is 11.0. The zero-order chi connectivity index (χ0) is 17.2. The summed E-state index contributed by atoms with van der Waals surface area (Å²) in [6.45, 7) is 8.83. The van der Waals surface area contributed by atoms with Gasteiger partial charge in [-0.3, -0.25) is 4.68 Å². The fraction of sp³-hybridized carbons (Fsp3) is 0.812. The molecule has 0 aliphatic carbocycles. The maximum Gasteiger partial charge on any atom is 0.191 e. The Kier molecular flexibility index (Phi) is 12.0. The fourth-order valence-corrected chi connectivity index (χ4v) is 2.76. The van der Waals surface area contributed by atoms with Crippen LogP contribution in [0, 0.1) is 5.92 Å². The van der Waals surface area contributed by atoms with Gasteiger partial charge in [-0.15, -0.1) is 24.0 Å². The van der Waals surface area contributed by atoms with Crippen LogP contribution < -0.4 is 10.6 Å². The second kappa shape index (κ2) is 12.5. The minimum atomic E-state index is 0. The van der Waals surface area contributed by atoms with Crippen LogP contribution in [0.15, 0.2) is 11.3 Å². The van der Waals surface area contributed by atoms with E-state index >= 15 is 0 Å². The van der Waals surface area contributed by atoms with Crippen LogP contribution in [-0.4, -0.2) is 58.9 Å².